The molecule has 256 valence electrons. The maximum absolute atomic E-state index is 13.7. The molecule has 1 aliphatic heterocycles. The number of hydrogen-bond donors (Lipinski definition) is 1. The van der Waals surface area contributed by atoms with Gasteiger partial charge >= 0.3 is 15.7 Å². The maximum atomic E-state index is 13.7. The van der Waals surface area contributed by atoms with E-state index in [1.807, 2.05) is 20.8 Å². The van der Waals surface area contributed by atoms with E-state index in [1.165, 1.54) is 25.3 Å². The summed E-state index contributed by atoms with van der Waals surface area (Å²) in [6, 6.07) is 19.6. The summed E-state index contributed by atoms with van der Waals surface area (Å²) in [7, 11) is -1.50. The Hall–Kier alpha value is -5.73. The van der Waals surface area contributed by atoms with Crippen LogP contribution in [0.5, 0.6) is 23.0 Å². The van der Waals surface area contributed by atoms with Crippen LogP contribution in [0.2, 0.25) is 0 Å². The molecule has 5 aromatic rings. The van der Waals surface area contributed by atoms with Crippen molar-refractivity contribution in [2.45, 2.75) is 51.0 Å². The molecule has 1 aromatic heterocycles. The Balaban J connectivity index is 1.51. The van der Waals surface area contributed by atoms with Gasteiger partial charge in [-0.1, -0.05) is 29.5 Å². The van der Waals surface area contributed by atoms with E-state index in [1.54, 1.807) is 68.6 Å². The smallest absolute Gasteiger partial charge is 0.364 e. The molecule has 0 spiro atoms. The molecule has 1 aliphatic rings. The highest BCUT2D eigenvalue weighted by Gasteiger charge is 2.30. The summed E-state index contributed by atoms with van der Waals surface area (Å²) in [4.78, 5) is 27.2. The van der Waals surface area contributed by atoms with Crippen LogP contribution >= 0.6 is 0 Å². The normalized spacial score (nSPS) is 13.3. The molecular weight excluding hydrogens is 658 g/mol. The van der Waals surface area contributed by atoms with Gasteiger partial charge in [-0.25, -0.2) is 4.79 Å². The van der Waals surface area contributed by atoms with Crippen LogP contribution in [0, 0.1) is 25.7 Å². The number of benzene rings is 4. The summed E-state index contributed by atoms with van der Waals surface area (Å²) in [6.45, 7) is 7.46. The fourth-order valence-electron chi connectivity index (χ4n) is 5.67. The van der Waals surface area contributed by atoms with Gasteiger partial charge < -0.3 is 28.1 Å². The van der Waals surface area contributed by atoms with E-state index in [2.05, 4.69) is 17.2 Å². The average Bonchev–Trinajstić information content (AvgIpc) is 3.09. The number of fused-ring (bicyclic) bond motifs is 2. The van der Waals surface area contributed by atoms with Crippen LogP contribution in [0.1, 0.15) is 58.4 Å². The monoisotopic (exact) mass is 693 g/mol. The number of amides is 1. The van der Waals surface area contributed by atoms with Crippen LogP contribution in [0.3, 0.4) is 0 Å². The predicted octanol–water partition coefficient (Wildman–Crippen LogP) is 6.95. The van der Waals surface area contributed by atoms with Gasteiger partial charge in [0.1, 0.15) is 33.3 Å². The molecule has 0 aliphatic carbocycles. The first kappa shape index (κ1) is 34.1. The number of carbonyl (C=O) groups excluding carboxylic acids is 1. The second-order valence-corrected chi connectivity index (χ2v) is 14.1. The molecule has 10 nitrogen and oxygen atoms in total. The predicted molar refractivity (Wildman–Crippen MR) is 189 cm³/mol. The number of rotatable bonds is 7. The fraction of sp³-hybridized carbons (Fsp3) is 0.231. The Bertz CT molecular complexity index is 2360. The maximum Gasteiger partial charge on any atom is 0.364 e. The molecule has 0 saturated heterocycles. The first-order valence-corrected chi connectivity index (χ1v) is 17.2. The van der Waals surface area contributed by atoms with Crippen LogP contribution in [0.15, 0.2) is 86.9 Å². The van der Waals surface area contributed by atoms with E-state index in [0.29, 0.717) is 40.4 Å². The van der Waals surface area contributed by atoms with Gasteiger partial charge in [0.15, 0.2) is 11.4 Å². The summed E-state index contributed by atoms with van der Waals surface area (Å²) in [6.07, 6.45) is 1.44. The minimum absolute atomic E-state index is 0.00231. The number of methoxy groups -OCH3 is 2. The SMILES string of the molecule is COc1ccc(C#Cc2cc3c(OS(=O)(=O)c4ccc(C)cc4)c(NC(=O)c4ccc5c(c4)CCC(C)(C)O5)c(=O)oc3c(C)c2OC)cc1. The van der Waals surface area contributed by atoms with Gasteiger partial charge in [-0.3, -0.25) is 4.79 Å². The van der Waals surface area contributed by atoms with Crippen molar-refractivity contribution in [3.05, 3.63) is 117 Å². The number of hydrogen-bond acceptors (Lipinski definition) is 9. The topological polar surface area (TPSA) is 130 Å². The molecule has 6 rings (SSSR count). The first-order valence-electron chi connectivity index (χ1n) is 15.8. The number of carbonyl (C=O) groups is 1. The summed E-state index contributed by atoms with van der Waals surface area (Å²) in [5.74, 6) is 6.70. The van der Waals surface area contributed by atoms with Gasteiger partial charge in [0.25, 0.3) is 5.91 Å². The van der Waals surface area contributed by atoms with Gasteiger partial charge in [0.2, 0.25) is 0 Å². The van der Waals surface area contributed by atoms with E-state index >= 15 is 0 Å². The van der Waals surface area contributed by atoms with E-state index in [4.69, 9.17) is 22.8 Å². The van der Waals surface area contributed by atoms with Gasteiger partial charge in [0.05, 0.1) is 25.2 Å². The second kappa shape index (κ2) is 13.3. The zero-order valence-corrected chi connectivity index (χ0v) is 29.2. The van der Waals surface area contributed by atoms with Gasteiger partial charge in [-0.2, -0.15) is 8.42 Å². The molecule has 0 atom stereocenters. The number of aryl methyl sites for hydroxylation is 3. The summed E-state index contributed by atoms with van der Waals surface area (Å²) in [5, 5.41) is 2.65. The highest BCUT2D eigenvalue weighted by Crippen LogP contribution is 2.40. The first-order chi connectivity index (χ1) is 23.8. The van der Waals surface area contributed by atoms with Crippen molar-refractivity contribution >= 4 is 32.7 Å². The molecule has 0 bridgehead atoms. The molecular formula is C39H35NO9S. The largest absolute Gasteiger partial charge is 0.497 e. The molecule has 2 heterocycles. The Kier molecular flexibility index (Phi) is 9.08. The Morgan fingerprint density at radius 1 is 0.900 bits per heavy atom. The van der Waals surface area contributed by atoms with E-state index in [0.717, 1.165) is 17.5 Å². The van der Waals surface area contributed by atoms with Crippen molar-refractivity contribution in [3.63, 3.8) is 0 Å². The lowest BCUT2D eigenvalue weighted by atomic mass is 9.93. The van der Waals surface area contributed by atoms with Crippen LogP contribution in [-0.2, 0) is 16.5 Å². The fourth-order valence-corrected chi connectivity index (χ4v) is 6.62. The lowest BCUT2D eigenvalue weighted by molar-refractivity contribution is 0.0846. The molecule has 0 fully saturated rings. The lowest BCUT2D eigenvalue weighted by Gasteiger charge is -2.32. The van der Waals surface area contributed by atoms with Crippen molar-refractivity contribution in [2.24, 2.45) is 0 Å². The van der Waals surface area contributed by atoms with Crippen molar-refractivity contribution in [1.82, 2.24) is 0 Å². The van der Waals surface area contributed by atoms with Crippen LogP contribution < -0.4 is 29.3 Å². The molecule has 1 N–H and O–H groups in total. The highest BCUT2D eigenvalue weighted by molar-refractivity contribution is 7.87. The van der Waals surface area contributed by atoms with E-state index < -0.39 is 33.1 Å². The van der Waals surface area contributed by atoms with Crippen LogP contribution in [0.4, 0.5) is 5.69 Å². The number of nitrogens with one attached hydrogen (secondary N) is 1. The quantitative estimate of drug-likeness (QED) is 0.109. The Labute approximate surface area is 290 Å². The average molecular weight is 694 g/mol. The Morgan fingerprint density at radius 2 is 1.62 bits per heavy atom. The second-order valence-electron chi connectivity index (χ2n) is 12.5. The van der Waals surface area contributed by atoms with E-state index in [-0.39, 0.29) is 27.0 Å². The molecule has 1 amide bonds. The molecule has 4 aromatic carbocycles. The van der Waals surface area contributed by atoms with Crippen molar-refractivity contribution in [1.29, 1.82) is 0 Å². The standard InChI is InChI=1S/C39H35NO9S/c1-23-7-16-30(17-8-23)50(43,44)49-36-31-22-27(12-9-25-10-14-29(45-5)15-11-25)34(46-6)24(2)35(31)47-38(42)33(36)40-37(41)28-13-18-32-26(21-28)19-20-39(3,4)48-32/h7-8,10-11,13-18,21-22H,19-20H2,1-6H3,(H,40,41). The third-order valence-corrected chi connectivity index (χ3v) is 9.65. The molecule has 0 radical (unpaired) electrons. The lowest BCUT2D eigenvalue weighted by Crippen LogP contribution is -2.32. The third-order valence-electron chi connectivity index (χ3n) is 8.41. The van der Waals surface area contributed by atoms with Crippen LogP contribution in [-0.4, -0.2) is 34.1 Å². The number of ether oxygens (including phenoxy) is 3. The van der Waals surface area contributed by atoms with Crippen molar-refractivity contribution in [3.8, 4) is 34.8 Å². The van der Waals surface area contributed by atoms with Gasteiger partial charge in [0, 0.05) is 16.7 Å². The zero-order valence-electron chi connectivity index (χ0n) is 28.4. The van der Waals surface area contributed by atoms with Gasteiger partial charge in [-0.05, 0) is 107 Å². The van der Waals surface area contributed by atoms with Gasteiger partial charge in [-0.15, -0.1) is 0 Å². The minimum Gasteiger partial charge on any atom is -0.497 e. The summed E-state index contributed by atoms with van der Waals surface area (Å²) >= 11 is 0. The van der Waals surface area contributed by atoms with Crippen molar-refractivity contribution < 1.29 is 36.0 Å². The summed E-state index contributed by atoms with van der Waals surface area (Å²) in [5.41, 5.74) is 1.46. The molecule has 50 heavy (non-hydrogen) atoms. The number of anilines is 1. The van der Waals surface area contributed by atoms with Crippen molar-refractivity contribution in [2.75, 3.05) is 19.5 Å². The molecule has 0 saturated carbocycles. The zero-order chi connectivity index (χ0) is 35.8. The molecule has 0 unspecified atom stereocenters. The highest BCUT2D eigenvalue weighted by atomic mass is 32.2. The summed E-state index contributed by atoms with van der Waals surface area (Å²) < 4.78 is 55.8. The van der Waals surface area contributed by atoms with Crippen LogP contribution in [0.25, 0.3) is 11.0 Å². The minimum atomic E-state index is -4.52. The Morgan fingerprint density at radius 3 is 2.30 bits per heavy atom. The van der Waals surface area contributed by atoms with E-state index in [9.17, 15) is 18.0 Å². The molecule has 11 heteroatoms. The third kappa shape index (κ3) is 6.88.